The van der Waals surface area contributed by atoms with Crippen LogP contribution in [0.2, 0.25) is 0 Å². The van der Waals surface area contributed by atoms with E-state index in [1.807, 2.05) is 24.3 Å². The van der Waals surface area contributed by atoms with Gasteiger partial charge in [-0.15, -0.1) is 0 Å². The molecule has 0 bridgehead atoms. The van der Waals surface area contributed by atoms with Gasteiger partial charge in [0.05, 0.1) is 13.3 Å². The number of aliphatic carboxylic acids is 1. The number of amides is 1. The zero-order chi connectivity index (χ0) is 17.8. The van der Waals surface area contributed by atoms with Gasteiger partial charge in [-0.3, -0.25) is 4.79 Å². The monoisotopic (exact) mass is 344 g/mol. The Hall–Kier alpha value is -2.83. The Kier molecular flexibility index (Phi) is 5.02. The third-order valence-electron chi connectivity index (χ3n) is 4.34. The fourth-order valence-electron chi connectivity index (χ4n) is 2.99. The summed E-state index contributed by atoms with van der Waals surface area (Å²) in [6.07, 6.45) is 3.40. The second-order valence-electron chi connectivity index (χ2n) is 5.93. The maximum absolute atomic E-state index is 12.3. The predicted molar refractivity (Wildman–Crippen MR) is 89.2 cm³/mol. The van der Waals surface area contributed by atoms with Crippen LogP contribution in [0, 0.1) is 0 Å². The number of benzene rings is 1. The van der Waals surface area contributed by atoms with Crippen molar-refractivity contribution in [3.05, 3.63) is 36.4 Å². The van der Waals surface area contributed by atoms with Crippen LogP contribution in [0.25, 0.3) is 11.3 Å². The first-order valence-electron chi connectivity index (χ1n) is 8.20. The van der Waals surface area contributed by atoms with Crippen LogP contribution in [0.5, 0.6) is 5.75 Å². The van der Waals surface area contributed by atoms with Crippen LogP contribution in [0.1, 0.15) is 25.2 Å². The molecule has 1 amide bonds. The number of nitrogens with zero attached hydrogens (tertiary/aromatic N) is 2. The molecule has 2 aromatic rings. The van der Waals surface area contributed by atoms with Crippen LogP contribution >= 0.6 is 0 Å². The number of aryl methyl sites for hydroxylation is 1. The summed E-state index contributed by atoms with van der Waals surface area (Å²) in [6, 6.07) is 6.71. The van der Waals surface area contributed by atoms with Crippen molar-refractivity contribution < 1.29 is 23.8 Å². The molecule has 0 radical (unpaired) electrons. The number of carboxylic acids is 1. The van der Waals surface area contributed by atoms with Gasteiger partial charge in [0.25, 0.3) is 0 Å². The minimum absolute atomic E-state index is 0.172. The smallest absolute Gasteiger partial charge is 0.326 e. The maximum atomic E-state index is 12.3. The normalized spacial score (nSPS) is 16.8. The van der Waals surface area contributed by atoms with Gasteiger partial charge in [0, 0.05) is 24.9 Å². The molecule has 0 aliphatic carbocycles. The quantitative estimate of drug-likeness (QED) is 0.865. The first kappa shape index (κ1) is 17.0. The largest absolute Gasteiger partial charge is 0.497 e. The molecule has 1 fully saturated rings. The third kappa shape index (κ3) is 3.81. The molecule has 1 aromatic carbocycles. The molecular formula is C18H20N2O5. The van der Waals surface area contributed by atoms with E-state index in [1.54, 1.807) is 13.3 Å². The number of ether oxygens (including phenoxy) is 1. The summed E-state index contributed by atoms with van der Waals surface area (Å²) < 4.78 is 10.8. The molecule has 7 nitrogen and oxygen atoms in total. The lowest BCUT2D eigenvalue weighted by molar-refractivity contribution is -0.148. The van der Waals surface area contributed by atoms with E-state index >= 15 is 0 Å². The molecule has 132 valence electrons. The maximum Gasteiger partial charge on any atom is 0.326 e. The average molecular weight is 344 g/mol. The summed E-state index contributed by atoms with van der Waals surface area (Å²) in [5, 5.41) is 9.15. The van der Waals surface area contributed by atoms with Gasteiger partial charge in [-0.2, -0.15) is 0 Å². The first-order valence-corrected chi connectivity index (χ1v) is 8.20. The SMILES string of the molecule is COc1ccc(-c2cnc(CCC(=O)N3CCC[C@H]3C(=O)O)o2)cc1. The summed E-state index contributed by atoms with van der Waals surface area (Å²) in [6.45, 7) is 0.498. The highest BCUT2D eigenvalue weighted by Gasteiger charge is 2.33. The third-order valence-corrected chi connectivity index (χ3v) is 4.34. The predicted octanol–water partition coefficient (Wildman–Crippen LogP) is 2.36. The number of rotatable bonds is 6. The minimum atomic E-state index is -0.941. The number of methoxy groups -OCH3 is 1. The summed E-state index contributed by atoms with van der Waals surface area (Å²) in [5.41, 5.74) is 0.872. The molecule has 7 heteroatoms. The van der Waals surface area contributed by atoms with Crippen LogP contribution in [-0.2, 0) is 16.0 Å². The fourth-order valence-corrected chi connectivity index (χ4v) is 2.99. The number of oxazole rings is 1. The van der Waals surface area contributed by atoms with E-state index in [0.29, 0.717) is 31.0 Å². The number of likely N-dealkylation sites (tertiary alicyclic amines) is 1. The van der Waals surface area contributed by atoms with E-state index in [2.05, 4.69) is 4.98 Å². The number of hydrogen-bond donors (Lipinski definition) is 1. The molecule has 2 heterocycles. The Balaban J connectivity index is 1.59. The van der Waals surface area contributed by atoms with Crippen molar-refractivity contribution in [1.29, 1.82) is 0 Å². The first-order chi connectivity index (χ1) is 12.1. The molecule has 0 saturated carbocycles. The fraction of sp³-hybridized carbons (Fsp3) is 0.389. The molecule has 0 unspecified atom stereocenters. The van der Waals surface area contributed by atoms with Crippen molar-refractivity contribution in [3.63, 3.8) is 0 Å². The Morgan fingerprint density at radius 3 is 2.80 bits per heavy atom. The molecule has 1 aliphatic heterocycles. The van der Waals surface area contributed by atoms with Crippen LogP contribution in [-0.4, -0.2) is 46.6 Å². The standard InChI is InChI=1S/C18H20N2O5/c1-24-13-6-4-12(5-7-13)15-11-19-16(25-15)8-9-17(21)20-10-2-3-14(20)18(22)23/h4-7,11,14H,2-3,8-10H2,1H3,(H,22,23)/t14-/m0/s1. The highest BCUT2D eigenvalue weighted by Crippen LogP contribution is 2.24. The molecular weight excluding hydrogens is 324 g/mol. The molecule has 25 heavy (non-hydrogen) atoms. The van der Waals surface area contributed by atoms with Crippen molar-refractivity contribution in [2.75, 3.05) is 13.7 Å². The second-order valence-corrected chi connectivity index (χ2v) is 5.93. The summed E-state index contributed by atoms with van der Waals surface area (Å²) in [5.74, 6) is 0.727. The molecule has 1 aliphatic rings. The Bertz CT molecular complexity index is 753. The number of carbonyl (C=O) groups excluding carboxylic acids is 1. The van der Waals surface area contributed by atoms with Gasteiger partial charge in [0.15, 0.2) is 11.7 Å². The minimum Gasteiger partial charge on any atom is -0.497 e. The van der Waals surface area contributed by atoms with E-state index in [1.165, 1.54) is 4.90 Å². The molecule has 1 N–H and O–H groups in total. The van der Waals surface area contributed by atoms with Gasteiger partial charge >= 0.3 is 5.97 Å². The van der Waals surface area contributed by atoms with E-state index < -0.39 is 12.0 Å². The van der Waals surface area contributed by atoms with Crippen LogP contribution < -0.4 is 4.74 Å². The molecule has 0 spiro atoms. The van der Waals surface area contributed by atoms with E-state index in [9.17, 15) is 9.59 Å². The average Bonchev–Trinajstić information content (AvgIpc) is 3.29. The Labute approximate surface area is 145 Å². The lowest BCUT2D eigenvalue weighted by Crippen LogP contribution is -2.40. The Morgan fingerprint density at radius 2 is 2.12 bits per heavy atom. The van der Waals surface area contributed by atoms with Gasteiger partial charge in [0.2, 0.25) is 5.91 Å². The van der Waals surface area contributed by atoms with Gasteiger partial charge in [-0.05, 0) is 37.1 Å². The van der Waals surface area contributed by atoms with E-state index in [0.717, 1.165) is 17.7 Å². The summed E-state index contributed by atoms with van der Waals surface area (Å²) in [7, 11) is 1.61. The van der Waals surface area contributed by atoms with Crippen molar-refractivity contribution in [1.82, 2.24) is 9.88 Å². The lowest BCUT2D eigenvalue weighted by atomic mass is 10.2. The molecule has 1 aromatic heterocycles. The summed E-state index contributed by atoms with van der Waals surface area (Å²) >= 11 is 0. The van der Waals surface area contributed by atoms with Crippen molar-refractivity contribution in [2.24, 2.45) is 0 Å². The van der Waals surface area contributed by atoms with E-state index in [-0.39, 0.29) is 12.3 Å². The van der Waals surface area contributed by atoms with Gasteiger partial charge in [-0.25, -0.2) is 9.78 Å². The van der Waals surface area contributed by atoms with Crippen LogP contribution in [0.15, 0.2) is 34.9 Å². The lowest BCUT2D eigenvalue weighted by Gasteiger charge is -2.20. The second kappa shape index (κ2) is 7.38. The zero-order valence-electron chi connectivity index (χ0n) is 14.0. The molecule has 3 rings (SSSR count). The van der Waals surface area contributed by atoms with Crippen molar-refractivity contribution >= 4 is 11.9 Å². The zero-order valence-corrected chi connectivity index (χ0v) is 14.0. The highest BCUT2D eigenvalue weighted by atomic mass is 16.5. The van der Waals surface area contributed by atoms with Gasteiger partial charge < -0.3 is 19.2 Å². The molecule has 1 saturated heterocycles. The van der Waals surface area contributed by atoms with Crippen LogP contribution in [0.4, 0.5) is 0 Å². The van der Waals surface area contributed by atoms with Crippen molar-refractivity contribution in [3.8, 4) is 17.1 Å². The van der Waals surface area contributed by atoms with Gasteiger partial charge in [-0.1, -0.05) is 0 Å². The highest BCUT2D eigenvalue weighted by molar-refractivity contribution is 5.84. The number of aromatic nitrogens is 1. The number of carboxylic acid groups (broad SMARTS) is 1. The molecule has 1 atom stereocenters. The summed E-state index contributed by atoms with van der Waals surface area (Å²) in [4.78, 5) is 29.1. The van der Waals surface area contributed by atoms with Crippen molar-refractivity contribution in [2.45, 2.75) is 31.7 Å². The Morgan fingerprint density at radius 1 is 1.36 bits per heavy atom. The van der Waals surface area contributed by atoms with E-state index in [4.69, 9.17) is 14.3 Å². The van der Waals surface area contributed by atoms with Gasteiger partial charge in [0.1, 0.15) is 11.8 Å². The number of hydrogen-bond acceptors (Lipinski definition) is 5. The topological polar surface area (TPSA) is 92.9 Å². The van der Waals surface area contributed by atoms with Crippen LogP contribution in [0.3, 0.4) is 0 Å². The number of carbonyl (C=O) groups is 2.